The van der Waals surface area contributed by atoms with E-state index < -0.39 is 0 Å². The molecule has 0 atom stereocenters. The van der Waals surface area contributed by atoms with E-state index >= 15 is 0 Å². The number of fused-ring (bicyclic) bond motifs is 4. The minimum Gasteiger partial charge on any atom is -0.355 e. The second-order valence-electron chi connectivity index (χ2n) is 13.4. The van der Waals surface area contributed by atoms with Crippen molar-refractivity contribution in [2.75, 3.05) is 11.4 Å². The molecule has 1 N–H and O–H groups in total. The van der Waals surface area contributed by atoms with E-state index in [2.05, 4.69) is 179 Å². The topological polar surface area (TPSA) is 44.8 Å². The number of rotatable bonds is 7. The van der Waals surface area contributed by atoms with Crippen molar-refractivity contribution in [3.63, 3.8) is 0 Å². The van der Waals surface area contributed by atoms with E-state index in [1.54, 1.807) is 12.2 Å². The van der Waals surface area contributed by atoms with Crippen molar-refractivity contribution in [3.8, 4) is 24.1 Å². The highest BCUT2D eigenvalue weighted by Gasteiger charge is 2.21. The summed E-state index contributed by atoms with van der Waals surface area (Å²) in [5.74, 6) is 0. The molecule has 0 aliphatic heterocycles. The lowest BCUT2D eigenvalue weighted by Gasteiger charge is -2.24. The van der Waals surface area contributed by atoms with Gasteiger partial charge in [0.05, 0.1) is 22.3 Å². The molecule has 270 valence electrons. The molecule has 54 heavy (non-hydrogen) atoms. The predicted molar refractivity (Wildman–Crippen MR) is 235 cm³/mol. The van der Waals surface area contributed by atoms with Crippen molar-refractivity contribution in [3.05, 3.63) is 176 Å². The number of nitrogens with one attached hydrogen (secondary N) is 1. The van der Waals surface area contributed by atoms with E-state index in [0.29, 0.717) is 6.54 Å². The number of nitrogens with zero attached hydrogens (tertiary/aromatic N) is 3. The first kappa shape index (κ1) is 40.2. The maximum atomic E-state index is 5.33. The Labute approximate surface area is 322 Å². The fourth-order valence-corrected chi connectivity index (χ4v) is 6.13. The first-order chi connectivity index (χ1) is 26.2. The third-order valence-corrected chi connectivity index (χ3v) is 8.45. The van der Waals surface area contributed by atoms with Crippen molar-refractivity contribution in [2.24, 2.45) is 0 Å². The number of hydrogen-bond donors (Lipinski definition) is 1. The Morgan fingerprint density at radius 2 is 1.46 bits per heavy atom. The molecule has 0 unspecified atom stereocenters. The van der Waals surface area contributed by atoms with Gasteiger partial charge in [0.25, 0.3) is 0 Å². The van der Waals surface area contributed by atoms with E-state index in [-0.39, 0.29) is 5.41 Å². The van der Waals surface area contributed by atoms with Crippen molar-refractivity contribution >= 4 is 49.8 Å². The number of benzene rings is 4. The highest BCUT2D eigenvalue weighted by molar-refractivity contribution is 6.08. The van der Waals surface area contributed by atoms with Crippen LogP contribution < -0.4 is 4.90 Å². The van der Waals surface area contributed by atoms with Crippen LogP contribution in [0.3, 0.4) is 0 Å². The molecule has 2 heterocycles. The first-order valence-electron chi connectivity index (χ1n) is 18.1. The van der Waals surface area contributed by atoms with Crippen LogP contribution in [0.25, 0.3) is 49.7 Å². The van der Waals surface area contributed by atoms with Gasteiger partial charge in [0.1, 0.15) is 5.69 Å². The second kappa shape index (κ2) is 19.3. The standard InChI is InChI=1S/C42H36N4.2C3H6.C2H2/c1-5-29(39-40(30-16-8-6-9-17-30)44-38-24-14-22-35(41(38)45-39)42(2,3)4)18-15-27-46(31-19-10-7-11-20-31)32-25-26-37-34(28-32)33-21-12-13-23-36(33)43-37;2*1-3-2;1-2/h5-8,10-16,18-26,28,43H,27H2,1-4H3;2*3H,1H2,2H3;1-2H/b18-15-,29-5+;;;. The van der Waals surface area contributed by atoms with Crippen LogP contribution in [0.1, 0.15) is 52.8 Å². The number of aromatic amines is 1. The van der Waals surface area contributed by atoms with Crippen molar-refractivity contribution in [2.45, 2.75) is 47.0 Å². The molecule has 0 fully saturated rings. The number of aromatic nitrogens is 3. The van der Waals surface area contributed by atoms with Crippen molar-refractivity contribution < 1.29 is 0 Å². The maximum Gasteiger partial charge on any atom is 0.106 e. The van der Waals surface area contributed by atoms with Crippen LogP contribution in [-0.4, -0.2) is 21.5 Å². The molecular weight excluding hydrogens is 657 g/mol. The fourth-order valence-electron chi connectivity index (χ4n) is 6.13. The lowest BCUT2D eigenvalue weighted by Crippen LogP contribution is -2.16. The third kappa shape index (κ3) is 9.43. The monoisotopic (exact) mass is 706 g/mol. The number of allylic oxidation sites excluding steroid dienone is 5. The quantitative estimate of drug-likeness (QED) is 0.102. The van der Waals surface area contributed by atoms with Crippen LogP contribution in [0.5, 0.6) is 0 Å². The van der Waals surface area contributed by atoms with Gasteiger partial charge in [0, 0.05) is 39.7 Å². The van der Waals surface area contributed by atoms with Gasteiger partial charge in [0.15, 0.2) is 0 Å². The van der Waals surface area contributed by atoms with Gasteiger partial charge in [0.2, 0.25) is 0 Å². The van der Waals surface area contributed by atoms with Gasteiger partial charge in [-0.1, -0.05) is 118 Å². The Balaban J connectivity index is 0.000000752. The van der Waals surface area contributed by atoms with Crippen LogP contribution in [0.15, 0.2) is 153 Å². The first-order valence-corrected chi connectivity index (χ1v) is 18.1. The summed E-state index contributed by atoms with van der Waals surface area (Å²) in [5, 5.41) is 2.44. The number of para-hydroxylation sites is 3. The van der Waals surface area contributed by atoms with E-state index in [9.17, 15) is 0 Å². The summed E-state index contributed by atoms with van der Waals surface area (Å²) < 4.78 is 0. The second-order valence-corrected chi connectivity index (χ2v) is 13.4. The summed E-state index contributed by atoms with van der Waals surface area (Å²) >= 11 is 0. The van der Waals surface area contributed by atoms with Gasteiger partial charge in [-0.2, -0.15) is 0 Å². The smallest absolute Gasteiger partial charge is 0.106 e. The summed E-state index contributed by atoms with van der Waals surface area (Å²) in [6, 6.07) is 44.2. The Bertz CT molecular complexity index is 2360. The summed E-state index contributed by atoms with van der Waals surface area (Å²) in [7, 11) is 0. The minimum absolute atomic E-state index is 0.0758. The molecule has 7 aromatic rings. The SMILES string of the molecule is C#C.C/C=C(\C=C/CN(c1ccccc1)c1ccc2[nH]c3ccccc3c2c1)c1nc2c(C(C)(C)C)cccc2nc1-c1c#cccc1.C=CC.C=CC. The Kier molecular flexibility index (Phi) is 14.3. The Hall–Kier alpha value is -6.62. The van der Waals surface area contributed by atoms with E-state index in [0.717, 1.165) is 56.0 Å². The molecule has 2 aromatic heterocycles. The average molecular weight is 707 g/mol. The Morgan fingerprint density at radius 1 is 0.778 bits per heavy atom. The molecule has 0 aliphatic rings. The fraction of sp³-hybridized carbons (Fsp3) is 0.160. The Morgan fingerprint density at radius 3 is 2.13 bits per heavy atom. The van der Waals surface area contributed by atoms with Crippen LogP contribution >= 0.6 is 0 Å². The maximum absolute atomic E-state index is 5.33. The zero-order valence-corrected chi connectivity index (χ0v) is 32.4. The summed E-state index contributed by atoms with van der Waals surface area (Å²) in [4.78, 5) is 16.4. The molecule has 4 nitrogen and oxygen atoms in total. The van der Waals surface area contributed by atoms with Crippen LogP contribution in [0, 0.1) is 25.0 Å². The molecule has 0 saturated carbocycles. The highest BCUT2D eigenvalue weighted by Crippen LogP contribution is 2.35. The van der Waals surface area contributed by atoms with Gasteiger partial charge in [-0.05, 0) is 91.9 Å². The molecule has 0 aliphatic carbocycles. The van der Waals surface area contributed by atoms with Gasteiger partial charge in [-0.25, -0.2) is 9.97 Å². The third-order valence-electron chi connectivity index (χ3n) is 8.45. The molecule has 0 spiro atoms. The number of terminal acetylenes is 1. The highest BCUT2D eigenvalue weighted by atomic mass is 15.1. The molecule has 5 aromatic carbocycles. The average Bonchev–Trinajstić information content (AvgIpc) is 3.57. The van der Waals surface area contributed by atoms with E-state index in [1.807, 2.05) is 38.1 Å². The van der Waals surface area contributed by atoms with E-state index in [1.165, 1.54) is 16.3 Å². The number of H-pyrrole nitrogens is 1. The van der Waals surface area contributed by atoms with Crippen molar-refractivity contribution in [1.82, 2.24) is 15.0 Å². The summed E-state index contributed by atoms with van der Waals surface area (Å²) in [6.45, 7) is 19.9. The summed E-state index contributed by atoms with van der Waals surface area (Å²) in [5.41, 5.74) is 11.0. The molecule has 0 bridgehead atoms. The van der Waals surface area contributed by atoms with Gasteiger partial charge >= 0.3 is 0 Å². The lowest BCUT2D eigenvalue weighted by atomic mass is 9.86. The zero-order valence-electron chi connectivity index (χ0n) is 32.4. The predicted octanol–water partition coefficient (Wildman–Crippen LogP) is 13.3. The minimum atomic E-state index is -0.0758. The largest absolute Gasteiger partial charge is 0.355 e. The van der Waals surface area contributed by atoms with Crippen LogP contribution in [0.4, 0.5) is 11.4 Å². The van der Waals surface area contributed by atoms with E-state index in [4.69, 9.17) is 9.97 Å². The van der Waals surface area contributed by atoms with Gasteiger partial charge in [-0.15, -0.1) is 26.0 Å². The molecule has 7 rings (SSSR count). The lowest BCUT2D eigenvalue weighted by molar-refractivity contribution is 0.594. The zero-order chi connectivity index (χ0) is 39.1. The molecule has 0 radical (unpaired) electrons. The molecular formula is C50H50N4. The van der Waals surface area contributed by atoms with Gasteiger partial charge < -0.3 is 9.88 Å². The van der Waals surface area contributed by atoms with Crippen LogP contribution in [0.2, 0.25) is 0 Å². The van der Waals surface area contributed by atoms with Crippen LogP contribution in [-0.2, 0) is 5.41 Å². The van der Waals surface area contributed by atoms with Crippen molar-refractivity contribution in [1.29, 1.82) is 0 Å². The summed E-state index contributed by atoms with van der Waals surface area (Å²) in [6.07, 6.45) is 18.0. The normalized spacial score (nSPS) is 11.0. The number of hydrogen-bond acceptors (Lipinski definition) is 3. The van der Waals surface area contributed by atoms with Gasteiger partial charge in [-0.3, -0.25) is 0 Å². The molecule has 0 amide bonds. The molecule has 4 heteroatoms. The molecule has 0 saturated heterocycles. The number of anilines is 2.